The highest BCUT2D eigenvalue weighted by atomic mass is 15.8. The van der Waals surface area contributed by atoms with Crippen molar-refractivity contribution in [2.45, 2.75) is 59.5 Å². The summed E-state index contributed by atoms with van der Waals surface area (Å²) in [5.41, 5.74) is 12.1. The number of nitrogens with zero attached hydrogens (tertiary/aromatic N) is 2. The first-order chi connectivity index (χ1) is 16.1. The Morgan fingerprint density at radius 1 is 0.545 bits per heavy atom. The van der Waals surface area contributed by atoms with Crippen molar-refractivity contribution in [1.29, 1.82) is 0 Å². The Kier molecular flexibility index (Phi) is 8.33. The average Bonchev–Trinajstić information content (AvgIpc) is 2.85. The van der Waals surface area contributed by atoms with E-state index in [-0.39, 0.29) is 0 Å². The zero-order valence-electron chi connectivity index (χ0n) is 20.6. The van der Waals surface area contributed by atoms with Gasteiger partial charge >= 0.3 is 0 Å². The molecule has 3 heteroatoms. The quantitative estimate of drug-likeness (QED) is 0.441. The highest BCUT2D eigenvalue weighted by Gasteiger charge is 2.25. The highest BCUT2D eigenvalue weighted by molar-refractivity contribution is 5.25. The maximum absolute atomic E-state index is 3.71. The summed E-state index contributed by atoms with van der Waals surface area (Å²) in [6.07, 6.45) is 4.39. The van der Waals surface area contributed by atoms with E-state index in [2.05, 4.69) is 109 Å². The van der Waals surface area contributed by atoms with Crippen LogP contribution < -0.4 is 5.53 Å². The van der Waals surface area contributed by atoms with Crippen LogP contribution in [0.1, 0.15) is 54.2 Å². The van der Waals surface area contributed by atoms with Crippen LogP contribution in [0, 0.1) is 5.92 Å². The molecule has 0 bridgehead atoms. The number of hydrazine groups is 2. The Bertz CT molecular complexity index is 839. The van der Waals surface area contributed by atoms with Crippen molar-refractivity contribution in [3.63, 3.8) is 0 Å². The summed E-state index contributed by atoms with van der Waals surface area (Å²) in [5.74, 6) is 0.587. The SMILES string of the molecule is CCc1ccc(CC2CN(Cc3ccc(CC)cc3)NN(Cc3ccc(CC)cc3)C2)cc1. The standard InChI is InChI=1S/C30H39N3/c1-4-24-7-13-27(14-8-24)19-30-22-32(20-28-15-9-25(5-2)10-16-28)31-33(23-30)21-29-17-11-26(6-3)12-18-29/h7-18,30-31H,4-6,19-23H2,1-3H3. The molecular weight excluding hydrogens is 402 g/mol. The minimum Gasteiger partial charge on any atom is -0.226 e. The molecule has 3 nitrogen and oxygen atoms in total. The zero-order chi connectivity index (χ0) is 23.0. The number of nitrogens with one attached hydrogen (secondary N) is 1. The van der Waals surface area contributed by atoms with E-state index in [1.165, 1.54) is 33.4 Å². The first-order valence-corrected chi connectivity index (χ1v) is 12.6. The number of rotatable bonds is 9. The molecule has 1 heterocycles. The average molecular weight is 442 g/mol. The van der Waals surface area contributed by atoms with Crippen LogP contribution in [-0.2, 0) is 38.8 Å². The summed E-state index contributed by atoms with van der Waals surface area (Å²) in [6.45, 7) is 10.6. The van der Waals surface area contributed by atoms with E-state index in [0.717, 1.165) is 51.9 Å². The van der Waals surface area contributed by atoms with Gasteiger partial charge in [-0.25, -0.2) is 10.0 Å². The van der Waals surface area contributed by atoms with Crippen LogP contribution in [0.2, 0.25) is 0 Å². The third-order valence-corrected chi connectivity index (χ3v) is 6.80. The molecular formula is C30H39N3. The van der Waals surface area contributed by atoms with Gasteiger partial charge in [0.25, 0.3) is 0 Å². The van der Waals surface area contributed by atoms with Crippen LogP contribution in [0.5, 0.6) is 0 Å². The minimum absolute atomic E-state index is 0.587. The van der Waals surface area contributed by atoms with Gasteiger partial charge in [0.15, 0.2) is 0 Å². The summed E-state index contributed by atoms with van der Waals surface area (Å²) in [6, 6.07) is 27.4. The lowest BCUT2D eigenvalue weighted by Gasteiger charge is -2.41. The smallest absolute Gasteiger partial charge is 0.0395 e. The molecule has 1 N–H and O–H groups in total. The second kappa shape index (κ2) is 11.6. The Morgan fingerprint density at radius 3 is 1.24 bits per heavy atom. The molecule has 1 fully saturated rings. The van der Waals surface area contributed by atoms with Gasteiger partial charge < -0.3 is 0 Å². The monoisotopic (exact) mass is 441 g/mol. The third kappa shape index (κ3) is 6.77. The molecule has 1 aliphatic heterocycles. The Balaban J connectivity index is 1.46. The van der Waals surface area contributed by atoms with Gasteiger partial charge in [-0.3, -0.25) is 0 Å². The molecule has 0 aromatic heterocycles. The second-order valence-corrected chi connectivity index (χ2v) is 9.44. The van der Waals surface area contributed by atoms with Gasteiger partial charge in [-0.1, -0.05) is 93.6 Å². The van der Waals surface area contributed by atoms with Crippen molar-refractivity contribution in [2.24, 2.45) is 5.92 Å². The van der Waals surface area contributed by atoms with Gasteiger partial charge in [0.2, 0.25) is 0 Å². The predicted molar refractivity (Wildman–Crippen MR) is 139 cm³/mol. The molecule has 0 atom stereocenters. The normalized spacial score (nSPS) is 15.7. The van der Waals surface area contributed by atoms with E-state index in [4.69, 9.17) is 0 Å². The molecule has 3 aromatic carbocycles. The number of hydrogen-bond acceptors (Lipinski definition) is 3. The largest absolute Gasteiger partial charge is 0.226 e. The molecule has 3 aromatic rings. The number of hydrogen-bond donors (Lipinski definition) is 1. The van der Waals surface area contributed by atoms with Crippen LogP contribution in [0.25, 0.3) is 0 Å². The van der Waals surface area contributed by atoms with E-state index >= 15 is 0 Å². The van der Waals surface area contributed by atoms with Crippen LogP contribution in [0.4, 0.5) is 0 Å². The lowest BCUT2D eigenvalue weighted by Crippen LogP contribution is -2.58. The van der Waals surface area contributed by atoms with Crippen molar-refractivity contribution >= 4 is 0 Å². The van der Waals surface area contributed by atoms with Crippen molar-refractivity contribution < 1.29 is 0 Å². The van der Waals surface area contributed by atoms with E-state index in [0.29, 0.717) is 5.92 Å². The maximum atomic E-state index is 3.71. The molecule has 1 saturated heterocycles. The first kappa shape index (κ1) is 23.7. The molecule has 0 aliphatic carbocycles. The van der Waals surface area contributed by atoms with Gasteiger partial charge in [-0.2, -0.15) is 5.53 Å². The highest BCUT2D eigenvalue weighted by Crippen LogP contribution is 2.20. The number of aryl methyl sites for hydroxylation is 3. The fourth-order valence-electron chi connectivity index (χ4n) is 4.74. The van der Waals surface area contributed by atoms with Crippen LogP contribution >= 0.6 is 0 Å². The van der Waals surface area contributed by atoms with Crippen molar-refractivity contribution in [3.05, 3.63) is 106 Å². The van der Waals surface area contributed by atoms with E-state index in [9.17, 15) is 0 Å². The fraction of sp³-hybridized carbons (Fsp3) is 0.400. The lowest BCUT2D eigenvalue weighted by molar-refractivity contribution is -0.0540. The zero-order valence-corrected chi connectivity index (χ0v) is 20.6. The second-order valence-electron chi connectivity index (χ2n) is 9.44. The van der Waals surface area contributed by atoms with E-state index < -0.39 is 0 Å². The summed E-state index contributed by atoms with van der Waals surface area (Å²) in [7, 11) is 0. The van der Waals surface area contributed by atoms with E-state index in [1.54, 1.807) is 0 Å². The molecule has 0 unspecified atom stereocenters. The maximum Gasteiger partial charge on any atom is 0.0395 e. The molecule has 174 valence electrons. The van der Waals surface area contributed by atoms with Crippen LogP contribution in [0.15, 0.2) is 72.8 Å². The topological polar surface area (TPSA) is 18.5 Å². The lowest BCUT2D eigenvalue weighted by atomic mass is 9.96. The molecule has 1 aliphatic rings. The van der Waals surface area contributed by atoms with Crippen LogP contribution in [0.3, 0.4) is 0 Å². The molecule has 0 saturated carbocycles. The Morgan fingerprint density at radius 2 is 0.879 bits per heavy atom. The van der Waals surface area contributed by atoms with Crippen molar-refractivity contribution in [2.75, 3.05) is 13.1 Å². The Hall–Kier alpha value is -2.46. The van der Waals surface area contributed by atoms with Crippen molar-refractivity contribution in [1.82, 2.24) is 15.6 Å². The first-order valence-electron chi connectivity index (χ1n) is 12.6. The van der Waals surface area contributed by atoms with Crippen molar-refractivity contribution in [3.8, 4) is 0 Å². The summed E-state index contributed by atoms with van der Waals surface area (Å²) in [4.78, 5) is 0. The molecule has 0 spiro atoms. The molecule has 0 radical (unpaired) electrons. The fourth-order valence-corrected chi connectivity index (χ4v) is 4.74. The Labute approximate surface area is 200 Å². The van der Waals surface area contributed by atoms with E-state index in [1.807, 2.05) is 0 Å². The van der Waals surface area contributed by atoms with Gasteiger partial charge in [0.1, 0.15) is 0 Å². The molecule has 33 heavy (non-hydrogen) atoms. The third-order valence-electron chi connectivity index (χ3n) is 6.80. The van der Waals surface area contributed by atoms with Crippen LogP contribution in [-0.4, -0.2) is 23.1 Å². The molecule has 4 rings (SSSR count). The predicted octanol–water partition coefficient (Wildman–Crippen LogP) is 5.97. The van der Waals surface area contributed by atoms with Gasteiger partial charge in [0, 0.05) is 26.2 Å². The molecule has 0 amide bonds. The van der Waals surface area contributed by atoms with Gasteiger partial charge in [0.05, 0.1) is 0 Å². The number of benzene rings is 3. The van der Waals surface area contributed by atoms with Gasteiger partial charge in [-0.05, 0) is 65.0 Å². The summed E-state index contributed by atoms with van der Waals surface area (Å²) < 4.78 is 0. The summed E-state index contributed by atoms with van der Waals surface area (Å²) >= 11 is 0. The van der Waals surface area contributed by atoms with Gasteiger partial charge in [-0.15, -0.1) is 0 Å². The minimum atomic E-state index is 0.587. The summed E-state index contributed by atoms with van der Waals surface area (Å²) in [5, 5.41) is 4.80.